The molecule has 3 atom stereocenters. The summed E-state index contributed by atoms with van der Waals surface area (Å²) in [5.41, 5.74) is 1.57. The summed E-state index contributed by atoms with van der Waals surface area (Å²) in [6, 6.07) is 7.20. The van der Waals surface area contributed by atoms with Gasteiger partial charge in [0.2, 0.25) is 23.6 Å². The van der Waals surface area contributed by atoms with Crippen molar-refractivity contribution in [1.29, 1.82) is 0 Å². The molecule has 0 unspecified atom stereocenters. The second kappa shape index (κ2) is 10.5. The van der Waals surface area contributed by atoms with Crippen LogP contribution >= 0.6 is 0 Å². The Morgan fingerprint density at radius 1 is 1.12 bits per heavy atom. The predicted octanol–water partition coefficient (Wildman–Crippen LogP) is 3.36. The number of amides is 4. The third-order valence-corrected chi connectivity index (χ3v) is 6.47. The number of likely N-dealkylation sites (tertiary alicyclic amines) is 1. The van der Waals surface area contributed by atoms with E-state index in [1.807, 2.05) is 71.0 Å². The summed E-state index contributed by atoms with van der Waals surface area (Å²) in [7, 11) is 0. The highest BCUT2D eigenvalue weighted by Crippen LogP contribution is 2.35. The van der Waals surface area contributed by atoms with Crippen molar-refractivity contribution in [3.05, 3.63) is 47.5 Å². The first-order valence-corrected chi connectivity index (χ1v) is 12.2. The number of carbonyl (C=O) groups is 4. The predicted molar refractivity (Wildman–Crippen MR) is 130 cm³/mol. The van der Waals surface area contributed by atoms with Gasteiger partial charge in [0.25, 0.3) is 0 Å². The third-order valence-electron chi connectivity index (χ3n) is 6.47. The van der Waals surface area contributed by atoms with Crippen molar-refractivity contribution < 1.29 is 19.2 Å². The number of hydrogen-bond acceptors (Lipinski definition) is 4. The quantitative estimate of drug-likeness (QED) is 0.469. The third kappa shape index (κ3) is 5.93. The van der Waals surface area contributed by atoms with Crippen LogP contribution < -0.4 is 5.32 Å². The lowest BCUT2D eigenvalue weighted by Gasteiger charge is -2.33. The van der Waals surface area contributed by atoms with E-state index in [-0.39, 0.29) is 55.0 Å². The SMILES string of the molecule is CC[C@H](C(=O)NC(C)(C)C)N(Cc1cccc(C)c1)C(=O)CCN1C(=O)[C@H]2CC=CC[C@H]2C1=O. The van der Waals surface area contributed by atoms with Crippen molar-refractivity contribution >= 4 is 23.6 Å². The van der Waals surface area contributed by atoms with Gasteiger partial charge in [-0.3, -0.25) is 24.1 Å². The Morgan fingerprint density at radius 2 is 1.74 bits per heavy atom. The highest BCUT2D eigenvalue weighted by Gasteiger charge is 2.47. The van der Waals surface area contributed by atoms with Gasteiger partial charge in [-0.05, 0) is 52.5 Å². The second-order valence-electron chi connectivity index (χ2n) is 10.4. The zero-order chi connectivity index (χ0) is 25.0. The molecule has 1 saturated heterocycles. The number of benzene rings is 1. The van der Waals surface area contributed by atoms with Crippen LogP contribution in [0.25, 0.3) is 0 Å². The van der Waals surface area contributed by atoms with Crippen LogP contribution in [0.15, 0.2) is 36.4 Å². The number of allylic oxidation sites excluding steroid dienone is 2. The van der Waals surface area contributed by atoms with Gasteiger partial charge in [-0.2, -0.15) is 0 Å². The molecule has 0 bridgehead atoms. The van der Waals surface area contributed by atoms with Gasteiger partial charge in [0.1, 0.15) is 6.04 Å². The summed E-state index contributed by atoms with van der Waals surface area (Å²) in [4.78, 5) is 55.0. The maximum Gasteiger partial charge on any atom is 0.243 e. The largest absolute Gasteiger partial charge is 0.350 e. The van der Waals surface area contributed by atoms with Gasteiger partial charge < -0.3 is 10.2 Å². The van der Waals surface area contributed by atoms with Gasteiger partial charge in [-0.15, -0.1) is 0 Å². The minimum Gasteiger partial charge on any atom is -0.350 e. The number of fused-ring (bicyclic) bond motifs is 1. The monoisotopic (exact) mass is 467 g/mol. The minimum absolute atomic E-state index is 0.00450. The lowest BCUT2D eigenvalue weighted by atomic mass is 9.85. The highest BCUT2D eigenvalue weighted by molar-refractivity contribution is 6.05. The number of aryl methyl sites for hydroxylation is 1. The molecule has 0 spiro atoms. The van der Waals surface area contributed by atoms with Gasteiger partial charge in [-0.1, -0.05) is 48.9 Å². The molecule has 1 fully saturated rings. The molecule has 0 radical (unpaired) electrons. The fraction of sp³-hybridized carbons (Fsp3) is 0.556. The van der Waals surface area contributed by atoms with Crippen LogP contribution in [0.2, 0.25) is 0 Å². The number of imide groups is 1. The van der Waals surface area contributed by atoms with Gasteiger partial charge >= 0.3 is 0 Å². The van der Waals surface area contributed by atoms with Crippen LogP contribution in [-0.4, -0.2) is 51.6 Å². The summed E-state index contributed by atoms with van der Waals surface area (Å²) < 4.78 is 0. The van der Waals surface area contributed by atoms with E-state index in [4.69, 9.17) is 0 Å². The van der Waals surface area contributed by atoms with E-state index in [1.54, 1.807) is 4.90 Å². The zero-order valence-electron chi connectivity index (χ0n) is 21.0. The van der Waals surface area contributed by atoms with E-state index in [0.717, 1.165) is 11.1 Å². The van der Waals surface area contributed by atoms with Crippen LogP contribution in [0.5, 0.6) is 0 Å². The van der Waals surface area contributed by atoms with E-state index >= 15 is 0 Å². The highest BCUT2D eigenvalue weighted by atomic mass is 16.2. The zero-order valence-corrected chi connectivity index (χ0v) is 21.0. The molecule has 34 heavy (non-hydrogen) atoms. The van der Waals surface area contributed by atoms with Crippen LogP contribution in [-0.2, 0) is 25.7 Å². The number of hydrogen-bond donors (Lipinski definition) is 1. The molecule has 7 heteroatoms. The maximum atomic E-state index is 13.5. The molecular weight excluding hydrogens is 430 g/mol. The Balaban J connectivity index is 1.77. The number of nitrogens with one attached hydrogen (secondary N) is 1. The Bertz CT molecular complexity index is 952. The van der Waals surface area contributed by atoms with Crippen LogP contribution in [0.1, 0.15) is 64.5 Å². The normalized spacial score (nSPS) is 20.8. The van der Waals surface area contributed by atoms with Crippen LogP contribution in [0.3, 0.4) is 0 Å². The van der Waals surface area contributed by atoms with Gasteiger partial charge in [0.05, 0.1) is 11.8 Å². The lowest BCUT2D eigenvalue weighted by molar-refractivity contribution is -0.144. The summed E-state index contributed by atoms with van der Waals surface area (Å²) in [6.07, 6.45) is 5.49. The molecule has 1 aromatic rings. The number of nitrogens with zero attached hydrogens (tertiary/aromatic N) is 2. The molecule has 1 aliphatic carbocycles. The average Bonchev–Trinajstić information content (AvgIpc) is 3.01. The first kappa shape index (κ1) is 25.7. The molecule has 3 rings (SSSR count). The van der Waals surface area contributed by atoms with E-state index in [0.29, 0.717) is 19.3 Å². The standard InChI is InChI=1S/C27H37N3O4/c1-6-22(24(32)28-27(3,4)5)30(17-19-11-9-10-18(2)16-19)23(31)14-15-29-25(33)20-12-7-8-13-21(20)26(29)34/h7-11,16,20-22H,6,12-15,17H2,1-5H3,(H,28,32)/t20-,21+,22-/m1/s1. The maximum absolute atomic E-state index is 13.5. The fourth-order valence-corrected chi connectivity index (χ4v) is 4.82. The molecule has 0 saturated carbocycles. The van der Waals surface area contributed by atoms with Gasteiger partial charge in [0.15, 0.2) is 0 Å². The molecule has 7 nitrogen and oxygen atoms in total. The molecular formula is C27H37N3O4. The summed E-state index contributed by atoms with van der Waals surface area (Å²) in [5.74, 6) is -1.44. The van der Waals surface area contributed by atoms with Crippen molar-refractivity contribution in [2.24, 2.45) is 11.8 Å². The van der Waals surface area contributed by atoms with Crippen LogP contribution in [0.4, 0.5) is 0 Å². The smallest absolute Gasteiger partial charge is 0.243 e. The first-order chi connectivity index (χ1) is 16.0. The Kier molecular flexibility index (Phi) is 7.95. The van der Waals surface area contributed by atoms with E-state index in [9.17, 15) is 19.2 Å². The second-order valence-corrected chi connectivity index (χ2v) is 10.4. The molecule has 1 heterocycles. The fourth-order valence-electron chi connectivity index (χ4n) is 4.82. The molecule has 0 aromatic heterocycles. The average molecular weight is 468 g/mol. The van der Waals surface area contributed by atoms with Crippen molar-refractivity contribution in [1.82, 2.24) is 15.1 Å². The van der Waals surface area contributed by atoms with Crippen molar-refractivity contribution in [3.8, 4) is 0 Å². The minimum atomic E-state index is -0.649. The summed E-state index contributed by atoms with van der Waals surface area (Å²) in [6.45, 7) is 9.92. The molecule has 1 aliphatic heterocycles. The van der Waals surface area contributed by atoms with Gasteiger partial charge in [0, 0.05) is 25.0 Å². The Labute approximate surface area is 202 Å². The molecule has 1 aromatic carbocycles. The first-order valence-electron chi connectivity index (χ1n) is 12.2. The molecule has 2 aliphatic rings. The van der Waals surface area contributed by atoms with E-state index in [1.165, 1.54) is 4.90 Å². The van der Waals surface area contributed by atoms with Crippen molar-refractivity contribution in [2.75, 3.05) is 6.54 Å². The molecule has 4 amide bonds. The van der Waals surface area contributed by atoms with E-state index < -0.39 is 11.6 Å². The summed E-state index contributed by atoms with van der Waals surface area (Å²) in [5, 5.41) is 2.99. The van der Waals surface area contributed by atoms with Crippen molar-refractivity contribution in [3.63, 3.8) is 0 Å². The summed E-state index contributed by atoms with van der Waals surface area (Å²) >= 11 is 0. The van der Waals surface area contributed by atoms with Gasteiger partial charge in [-0.25, -0.2) is 0 Å². The topological polar surface area (TPSA) is 86.8 Å². The van der Waals surface area contributed by atoms with E-state index in [2.05, 4.69) is 5.32 Å². The Morgan fingerprint density at radius 3 is 2.26 bits per heavy atom. The number of carbonyl (C=O) groups excluding carboxylic acids is 4. The van der Waals surface area contributed by atoms with Crippen molar-refractivity contribution in [2.45, 2.75) is 78.4 Å². The number of rotatable bonds is 8. The lowest BCUT2D eigenvalue weighted by Crippen LogP contribution is -2.53. The Hall–Kier alpha value is -2.96. The van der Waals surface area contributed by atoms with Crippen LogP contribution in [0, 0.1) is 18.8 Å². The molecule has 1 N–H and O–H groups in total. The molecule has 184 valence electrons.